The van der Waals surface area contributed by atoms with Gasteiger partial charge in [0.05, 0.1) is 11.1 Å². The Bertz CT molecular complexity index is 966. The highest BCUT2D eigenvalue weighted by Crippen LogP contribution is 2.29. The van der Waals surface area contributed by atoms with Crippen molar-refractivity contribution < 1.29 is 4.79 Å². The molecule has 0 unspecified atom stereocenters. The number of hydrogen-bond acceptors (Lipinski definition) is 3. The Morgan fingerprint density at radius 1 is 1.33 bits per heavy atom. The fourth-order valence-electron chi connectivity index (χ4n) is 3.31. The van der Waals surface area contributed by atoms with Gasteiger partial charge in [-0.15, -0.1) is 12.4 Å². The second kappa shape index (κ2) is 8.19. The van der Waals surface area contributed by atoms with Crippen LogP contribution < -0.4 is 10.6 Å². The number of carbonyl (C=O) groups is 1. The van der Waals surface area contributed by atoms with Crippen molar-refractivity contribution in [3.05, 3.63) is 53.3 Å². The third-order valence-corrected chi connectivity index (χ3v) is 5.25. The van der Waals surface area contributed by atoms with E-state index in [1.165, 1.54) is 19.3 Å². The molecule has 0 bridgehead atoms. The molecule has 2 N–H and O–H groups in total. The summed E-state index contributed by atoms with van der Waals surface area (Å²) in [4.78, 5) is 17.2. The second-order valence-electron chi connectivity index (χ2n) is 6.85. The van der Waals surface area contributed by atoms with Crippen LogP contribution in [-0.4, -0.2) is 22.0 Å². The van der Waals surface area contributed by atoms with E-state index in [9.17, 15) is 4.79 Å². The van der Waals surface area contributed by atoms with Crippen LogP contribution in [-0.2, 0) is 7.05 Å². The average molecular weight is 405 g/mol. The molecule has 5 nitrogen and oxygen atoms in total. The number of nitrogens with one attached hydrogen (secondary N) is 2. The van der Waals surface area contributed by atoms with Crippen LogP contribution in [0.1, 0.15) is 29.6 Å². The van der Waals surface area contributed by atoms with Gasteiger partial charge >= 0.3 is 0 Å². The SMILES string of the molecule is Cl.Cn1ccc2c(Nc3cccc(Cl)c3)ncc(C(=O)NCC3CCC3)c21. The van der Waals surface area contributed by atoms with Crippen LogP contribution in [0.4, 0.5) is 11.5 Å². The maximum Gasteiger partial charge on any atom is 0.255 e. The zero-order chi connectivity index (χ0) is 18.1. The number of anilines is 2. The van der Waals surface area contributed by atoms with E-state index >= 15 is 0 Å². The van der Waals surface area contributed by atoms with Crippen molar-refractivity contribution in [3.8, 4) is 0 Å². The van der Waals surface area contributed by atoms with Crippen molar-refractivity contribution in [2.45, 2.75) is 19.3 Å². The second-order valence-corrected chi connectivity index (χ2v) is 7.29. The van der Waals surface area contributed by atoms with E-state index in [1.54, 1.807) is 6.20 Å². The van der Waals surface area contributed by atoms with E-state index in [-0.39, 0.29) is 18.3 Å². The molecule has 1 aromatic carbocycles. The van der Waals surface area contributed by atoms with E-state index in [4.69, 9.17) is 11.6 Å². The lowest BCUT2D eigenvalue weighted by Gasteiger charge is -2.25. The average Bonchev–Trinajstić information content (AvgIpc) is 2.96. The first-order chi connectivity index (χ1) is 12.6. The molecule has 0 aliphatic heterocycles. The monoisotopic (exact) mass is 404 g/mol. The van der Waals surface area contributed by atoms with Crippen LogP contribution in [0.25, 0.3) is 10.9 Å². The number of carbonyl (C=O) groups excluding carboxylic acids is 1. The van der Waals surface area contributed by atoms with Gasteiger partial charge in [0.15, 0.2) is 0 Å². The Morgan fingerprint density at radius 3 is 2.85 bits per heavy atom. The molecule has 142 valence electrons. The molecule has 0 radical (unpaired) electrons. The Kier molecular flexibility index (Phi) is 5.92. The van der Waals surface area contributed by atoms with Gasteiger partial charge in [-0.25, -0.2) is 4.98 Å². The van der Waals surface area contributed by atoms with Crippen LogP contribution in [0, 0.1) is 5.92 Å². The number of pyridine rings is 1. The van der Waals surface area contributed by atoms with Crippen molar-refractivity contribution in [1.82, 2.24) is 14.9 Å². The number of aryl methyl sites for hydroxylation is 1. The number of fused-ring (bicyclic) bond motifs is 1. The first-order valence-electron chi connectivity index (χ1n) is 8.86. The largest absolute Gasteiger partial charge is 0.352 e. The molecule has 0 saturated heterocycles. The quantitative estimate of drug-likeness (QED) is 0.633. The molecule has 4 rings (SSSR count). The summed E-state index contributed by atoms with van der Waals surface area (Å²) in [5.41, 5.74) is 2.33. The van der Waals surface area contributed by atoms with Gasteiger partial charge in [0.2, 0.25) is 0 Å². The molecule has 7 heteroatoms. The van der Waals surface area contributed by atoms with Crippen LogP contribution in [0.2, 0.25) is 5.02 Å². The highest BCUT2D eigenvalue weighted by atomic mass is 35.5. The van der Waals surface area contributed by atoms with E-state index < -0.39 is 0 Å². The van der Waals surface area contributed by atoms with Gasteiger partial charge in [0.1, 0.15) is 5.82 Å². The van der Waals surface area contributed by atoms with Crippen molar-refractivity contribution >= 4 is 52.3 Å². The summed E-state index contributed by atoms with van der Waals surface area (Å²) in [5, 5.41) is 7.92. The number of benzene rings is 1. The van der Waals surface area contributed by atoms with Crippen LogP contribution in [0.15, 0.2) is 42.7 Å². The minimum atomic E-state index is -0.0643. The fraction of sp³-hybridized carbons (Fsp3) is 0.300. The molecule has 0 atom stereocenters. The molecule has 2 heterocycles. The summed E-state index contributed by atoms with van der Waals surface area (Å²) >= 11 is 6.06. The smallest absolute Gasteiger partial charge is 0.255 e. The third kappa shape index (κ3) is 4.04. The summed E-state index contributed by atoms with van der Waals surface area (Å²) in [6.45, 7) is 0.743. The predicted molar refractivity (Wildman–Crippen MR) is 112 cm³/mol. The van der Waals surface area contributed by atoms with E-state index in [0.717, 1.165) is 23.1 Å². The molecule has 1 aliphatic rings. The molecule has 27 heavy (non-hydrogen) atoms. The standard InChI is InChI=1S/C20H21ClN4O.ClH/c1-25-9-8-16-18(25)17(20(26)23-11-13-4-2-5-13)12-22-19(16)24-15-7-3-6-14(21)10-15;/h3,6-10,12-13H,2,4-5,11H2,1H3,(H,22,24)(H,23,26);1H. The number of hydrogen-bond donors (Lipinski definition) is 2. The molecule has 2 aromatic heterocycles. The van der Waals surface area contributed by atoms with Gasteiger partial charge < -0.3 is 15.2 Å². The fourth-order valence-corrected chi connectivity index (χ4v) is 3.50. The summed E-state index contributed by atoms with van der Waals surface area (Å²) in [5.74, 6) is 1.27. The molecule has 1 aliphatic carbocycles. The summed E-state index contributed by atoms with van der Waals surface area (Å²) in [7, 11) is 1.94. The molecule has 3 aromatic rings. The molecule has 1 amide bonds. The Hall–Kier alpha value is -2.24. The van der Waals surface area contributed by atoms with Crippen LogP contribution in [0.3, 0.4) is 0 Å². The van der Waals surface area contributed by atoms with Crippen LogP contribution >= 0.6 is 24.0 Å². The third-order valence-electron chi connectivity index (χ3n) is 5.01. The lowest BCUT2D eigenvalue weighted by atomic mass is 9.85. The molecule has 1 fully saturated rings. The zero-order valence-corrected chi connectivity index (χ0v) is 16.6. The van der Waals surface area contributed by atoms with E-state index in [2.05, 4.69) is 15.6 Å². The van der Waals surface area contributed by atoms with Crippen LogP contribution in [0.5, 0.6) is 0 Å². The summed E-state index contributed by atoms with van der Waals surface area (Å²) < 4.78 is 1.96. The minimum Gasteiger partial charge on any atom is -0.352 e. The number of amides is 1. The topological polar surface area (TPSA) is 59.0 Å². The first-order valence-corrected chi connectivity index (χ1v) is 9.24. The van der Waals surface area contributed by atoms with Gasteiger partial charge in [-0.3, -0.25) is 4.79 Å². The minimum absolute atomic E-state index is 0. The number of rotatable bonds is 5. The van der Waals surface area contributed by atoms with E-state index in [1.807, 2.05) is 48.1 Å². The van der Waals surface area contributed by atoms with Crippen molar-refractivity contribution in [1.29, 1.82) is 0 Å². The maximum absolute atomic E-state index is 12.7. The summed E-state index contributed by atoms with van der Waals surface area (Å²) in [6, 6.07) is 9.46. The normalized spacial score (nSPS) is 13.7. The van der Waals surface area contributed by atoms with Gasteiger partial charge in [0, 0.05) is 42.1 Å². The van der Waals surface area contributed by atoms with Gasteiger partial charge in [0.25, 0.3) is 5.91 Å². The lowest BCUT2D eigenvalue weighted by Crippen LogP contribution is -2.32. The Morgan fingerprint density at radius 2 is 2.15 bits per heavy atom. The number of halogens is 2. The highest BCUT2D eigenvalue weighted by Gasteiger charge is 2.20. The highest BCUT2D eigenvalue weighted by molar-refractivity contribution is 6.30. The van der Waals surface area contributed by atoms with Gasteiger partial charge in [-0.1, -0.05) is 24.1 Å². The van der Waals surface area contributed by atoms with Crippen molar-refractivity contribution in [3.63, 3.8) is 0 Å². The Labute approximate surface area is 169 Å². The summed E-state index contributed by atoms with van der Waals surface area (Å²) in [6.07, 6.45) is 7.28. The Balaban J connectivity index is 0.00000210. The van der Waals surface area contributed by atoms with Gasteiger partial charge in [-0.05, 0) is 43.0 Å². The number of aromatic nitrogens is 2. The molecule has 0 spiro atoms. The number of nitrogens with zero attached hydrogens (tertiary/aromatic N) is 2. The van der Waals surface area contributed by atoms with Gasteiger partial charge in [-0.2, -0.15) is 0 Å². The van der Waals surface area contributed by atoms with Crippen molar-refractivity contribution in [2.24, 2.45) is 13.0 Å². The zero-order valence-electron chi connectivity index (χ0n) is 15.0. The molecular formula is C20H22Cl2N4O. The predicted octanol–water partition coefficient (Wildman–Crippen LogP) is 4.92. The first kappa shape index (κ1) is 19.5. The lowest BCUT2D eigenvalue weighted by molar-refractivity contribution is 0.0940. The van der Waals surface area contributed by atoms with Crippen molar-refractivity contribution in [2.75, 3.05) is 11.9 Å². The molecule has 1 saturated carbocycles. The molecular weight excluding hydrogens is 383 g/mol. The maximum atomic E-state index is 12.7. The van der Waals surface area contributed by atoms with E-state index in [0.29, 0.717) is 22.3 Å².